The average molecular weight is 481 g/mol. The molecule has 0 saturated heterocycles. The second-order valence-electron chi connectivity index (χ2n) is 8.36. The summed E-state index contributed by atoms with van der Waals surface area (Å²) in [6, 6.07) is 10.5. The molecule has 0 atom stereocenters. The largest absolute Gasteiger partial charge is 0.478 e. The summed E-state index contributed by atoms with van der Waals surface area (Å²) in [5, 5.41) is 14.1. The molecule has 34 heavy (non-hydrogen) atoms. The topological polar surface area (TPSA) is 80.0 Å². The summed E-state index contributed by atoms with van der Waals surface area (Å²) in [5.74, 6) is -0.641. The number of nitrogens with zero attached hydrogens (tertiary/aromatic N) is 3. The van der Waals surface area contributed by atoms with Crippen LogP contribution in [0.1, 0.15) is 40.5 Å². The van der Waals surface area contributed by atoms with Crippen LogP contribution in [-0.4, -0.2) is 32.2 Å². The highest BCUT2D eigenvalue weighted by Gasteiger charge is 2.17. The highest BCUT2D eigenvalue weighted by atomic mass is 35.5. The van der Waals surface area contributed by atoms with Gasteiger partial charge in [0.15, 0.2) is 0 Å². The third kappa shape index (κ3) is 4.75. The second kappa shape index (κ2) is 9.81. The summed E-state index contributed by atoms with van der Waals surface area (Å²) in [5.41, 5.74) is 5.06. The number of carboxylic acids is 1. The minimum Gasteiger partial charge on any atom is -0.478 e. The maximum Gasteiger partial charge on any atom is 0.337 e. The highest BCUT2D eigenvalue weighted by Crippen LogP contribution is 2.30. The number of benzene rings is 2. The van der Waals surface area contributed by atoms with Gasteiger partial charge in [0.1, 0.15) is 18.0 Å². The molecule has 2 aromatic carbocycles. The first-order valence-electron chi connectivity index (χ1n) is 11.2. The van der Waals surface area contributed by atoms with Crippen LogP contribution >= 0.6 is 11.6 Å². The molecule has 0 radical (unpaired) electrons. The van der Waals surface area contributed by atoms with Crippen LogP contribution in [-0.2, 0) is 13.0 Å². The van der Waals surface area contributed by atoms with Gasteiger partial charge in [0.05, 0.1) is 21.8 Å². The van der Waals surface area contributed by atoms with Gasteiger partial charge in [0.25, 0.3) is 0 Å². The van der Waals surface area contributed by atoms with Crippen molar-refractivity contribution in [3.63, 3.8) is 0 Å². The Bertz CT molecular complexity index is 1380. The minimum atomic E-state index is -1.03. The SMILES string of the molecule is CCCc1cc(-c2cc(NCCn3c(C)cc4c(C)cc(F)cc43)ncn2)cc(Cl)c1C(=O)O. The third-order valence-electron chi connectivity index (χ3n) is 5.91. The Morgan fingerprint density at radius 2 is 1.94 bits per heavy atom. The van der Waals surface area contributed by atoms with Crippen LogP contribution in [0.25, 0.3) is 22.2 Å². The number of fused-ring (bicyclic) bond motifs is 1. The molecule has 2 N–H and O–H groups in total. The number of halogens is 2. The first-order chi connectivity index (χ1) is 16.3. The van der Waals surface area contributed by atoms with E-state index in [-0.39, 0.29) is 16.4 Å². The van der Waals surface area contributed by atoms with E-state index in [1.165, 1.54) is 6.33 Å². The van der Waals surface area contributed by atoms with Crippen molar-refractivity contribution in [1.29, 1.82) is 0 Å². The van der Waals surface area contributed by atoms with Crippen molar-refractivity contribution in [2.75, 3.05) is 11.9 Å². The van der Waals surface area contributed by atoms with E-state index in [2.05, 4.69) is 25.9 Å². The molecular weight excluding hydrogens is 455 g/mol. The van der Waals surface area contributed by atoms with Crippen LogP contribution in [0.15, 0.2) is 42.7 Å². The Labute approximate surface area is 202 Å². The fourth-order valence-electron chi connectivity index (χ4n) is 4.35. The second-order valence-corrected chi connectivity index (χ2v) is 8.76. The van der Waals surface area contributed by atoms with Crippen LogP contribution < -0.4 is 5.32 Å². The lowest BCUT2D eigenvalue weighted by molar-refractivity contribution is 0.0696. The van der Waals surface area contributed by atoms with Gasteiger partial charge in [-0.05, 0) is 61.7 Å². The number of carbonyl (C=O) groups is 1. The van der Waals surface area contributed by atoms with Crippen LogP contribution in [0.5, 0.6) is 0 Å². The Morgan fingerprint density at radius 3 is 2.68 bits per heavy atom. The Morgan fingerprint density at radius 1 is 1.15 bits per heavy atom. The molecule has 0 unspecified atom stereocenters. The first-order valence-corrected chi connectivity index (χ1v) is 11.5. The van der Waals surface area contributed by atoms with Crippen molar-refractivity contribution in [3.05, 3.63) is 75.9 Å². The van der Waals surface area contributed by atoms with Crippen LogP contribution in [0.2, 0.25) is 5.02 Å². The summed E-state index contributed by atoms with van der Waals surface area (Å²) in [6.07, 6.45) is 2.87. The monoisotopic (exact) mass is 480 g/mol. The quantitative estimate of drug-likeness (QED) is 0.310. The van der Waals surface area contributed by atoms with Crippen molar-refractivity contribution in [2.45, 2.75) is 40.2 Å². The fraction of sp³-hybridized carbons (Fsp3) is 0.269. The number of hydrogen-bond donors (Lipinski definition) is 2. The van der Waals surface area contributed by atoms with Gasteiger partial charge >= 0.3 is 5.97 Å². The van der Waals surface area contributed by atoms with Gasteiger partial charge in [0, 0.05) is 35.8 Å². The molecule has 176 valence electrons. The van der Waals surface area contributed by atoms with Crippen molar-refractivity contribution in [3.8, 4) is 11.3 Å². The van der Waals surface area contributed by atoms with Gasteiger partial charge in [-0.15, -0.1) is 0 Å². The number of carboxylic acid groups (broad SMARTS) is 1. The standard InChI is InChI=1S/C26H26ClFN4O2/c1-4-5-17-10-18(11-21(27)25(17)26(33)34)22-13-24(31-14-30-22)29-6-7-32-16(3)9-20-15(2)8-19(28)12-23(20)32/h8-14H,4-7H2,1-3H3,(H,33,34)(H,29,30,31). The minimum absolute atomic E-state index is 0.140. The zero-order chi connectivity index (χ0) is 24.4. The van der Waals surface area contributed by atoms with Crippen molar-refractivity contribution >= 4 is 34.3 Å². The van der Waals surface area contributed by atoms with E-state index in [1.54, 1.807) is 18.2 Å². The van der Waals surface area contributed by atoms with E-state index in [4.69, 9.17) is 11.6 Å². The van der Waals surface area contributed by atoms with Gasteiger partial charge in [-0.3, -0.25) is 0 Å². The number of aromatic carboxylic acids is 1. The van der Waals surface area contributed by atoms with E-state index in [0.29, 0.717) is 36.6 Å². The fourth-order valence-corrected chi connectivity index (χ4v) is 4.67. The summed E-state index contributed by atoms with van der Waals surface area (Å²) in [6.45, 7) is 7.13. The van der Waals surface area contributed by atoms with E-state index >= 15 is 0 Å². The summed E-state index contributed by atoms with van der Waals surface area (Å²) < 4.78 is 16.1. The zero-order valence-corrected chi connectivity index (χ0v) is 20.1. The maximum atomic E-state index is 14.0. The molecule has 2 aromatic heterocycles. The molecule has 0 spiro atoms. The summed E-state index contributed by atoms with van der Waals surface area (Å²) in [4.78, 5) is 20.3. The Balaban J connectivity index is 1.55. The molecule has 0 saturated carbocycles. The number of aryl methyl sites for hydroxylation is 3. The molecule has 6 nitrogen and oxygen atoms in total. The van der Waals surface area contributed by atoms with Gasteiger partial charge in [-0.2, -0.15) is 0 Å². The van der Waals surface area contributed by atoms with Gasteiger partial charge in [-0.1, -0.05) is 24.9 Å². The average Bonchev–Trinajstić information content (AvgIpc) is 3.09. The van der Waals surface area contributed by atoms with Crippen LogP contribution in [0, 0.1) is 19.7 Å². The molecular formula is C26H26ClFN4O2. The summed E-state index contributed by atoms with van der Waals surface area (Å²) in [7, 11) is 0. The lowest BCUT2D eigenvalue weighted by atomic mass is 9.98. The van der Waals surface area contributed by atoms with Crippen molar-refractivity contribution < 1.29 is 14.3 Å². The number of nitrogens with one attached hydrogen (secondary N) is 1. The first kappa shape index (κ1) is 23.7. The lowest BCUT2D eigenvalue weighted by Gasteiger charge is -2.12. The number of hydrogen-bond acceptors (Lipinski definition) is 4. The molecule has 0 fully saturated rings. The van der Waals surface area contributed by atoms with E-state index < -0.39 is 5.97 Å². The molecule has 8 heteroatoms. The predicted molar refractivity (Wildman–Crippen MR) is 133 cm³/mol. The number of aromatic nitrogens is 3. The molecule has 0 bridgehead atoms. The molecule has 4 rings (SSSR count). The Hall–Kier alpha value is -3.45. The normalized spacial score (nSPS) is 11.2. The van der Waals surface area contributed by atoms with Crippen LogP contribution in [0.3, 0.4) is 0 Å². The van der Waals surface area contributed by atoms with Crippen LogP contribution in [0.4, 0.5) is 10.2 Å². The van der Waals surface area contributed by atoms with Gasteiger partial charge in [-0.25, -0.2) is 19.2 Å². The molecule has 0 aliphatic carbocycles. The molecule has 4 aromatic rings. The van der Waals surface area contributed by atoms with Crippen molar-refractivity contribution in [1.82, 2.24) is 14.5 Å². The van der Waals surface area contributed by atoms with E-state index in [1.807, 2.05) is 32.9 Å². The molecule has 2 heterocycles. The number of rotatable bonds is 8. The van der Waals surface area contributed by atoms with E-state index in [0.717, 1.165) is 34.1 Å². The lowest BCUT2D eigenvalue weighted by Crippen LogP contribution is -2.12. The van der Waals surface area contributed by atoms with Gasteiger partial charge in [0.2, 0.25) is 0 Å². The zero-order valence-electron chi connectivity index (χ0n) is 19.3. The summed E-state index contributed by atoms with van der Waals surface area (Å²) >= 11 is 6.31. The molecule has 0 amide bonds. The number of anilines is 1. The third-order valence-corrected chi connectivity index (χ3v) is 6.21. The molecule has 0 aliphatic rings. The maximum absolute atomic E-state index is 14.0. The highest BCUT2D eigenvalue weighted by molar-refractivity contribution is 6.34. The Kier molecular flexibility index (Phi) is 6.84. The van der Waals surface area contributed by atoms with E-state index in [9.17, 15) is 14.3 Å². The predicted octanol–water partition coefficient (Wildman–Crippen LogP) is 6.27. The smallest absolute Gasteiger partial charge is 0.337 e. The van der Waals surface area contributed by atoms with Crippen molar-refractivity contribution in [2.24, 2.45) is 0 Å². The molecule has 0 aliphatic heterocycles. The van der Waals surface area contributed by atoms with Gasteiger partial charge < -0.3 is 15.0 Å².